The molecule has 0 spiro atoms. The van der Waals surface area contributed by atoms with Crippen molar-refractivity contribution in [2.45, 2.75) is 18.3 Å². The number of carbonyl (C=O) groups is 1. The molecule has 1 aromatic carbocycles. The number of thiophene rings is 1. The first-order valence-electron chi connectivity index (χ1n) is 7.60. The van der Waals surface area contributed by atoms with Gasteiger partial charge in [-0.1, -0.05) is 12.1 Å². The number of amides is 2. The Morgan fingerprint density at radius 3 is 2.61 bits per heavy atom. The highest BCUT2D eigenvalue weighted by atomic mass is 32.1. The summed E-state index contributed by atoms with van der Waals surface area (Å²) in [6.45, 7) is 1.79. The topological polar surface area (TPSA) is 50.4 Å². The van der Waals surface area contributed by atoms with E-state index in [0.29, 0.717) is 19.8 Å². The summed E-state index contributed by atoms with van der Waals surface area (Å²) in [4.78, 5) is 12.1. The Bertz CT molecular complexity index is 637. The number of hydrogen-bond acceptors (Lipinski definition) is 3. The minimum atomic E-state index is -0.251. The average Bonchev–Trinajstić information content (AvgIpc) is 3.07. The number of benzene rings is 1. The van der Waals surface area contributed by atoms with Gasteiger partial charge >= 0.3 is 6.03 Å². The van der Waals surface area contributed by atoms with Gasteiger partial charge < -0.3 is 10.1 Å². The molecule has 2 amide bonds. The molecule has 122 valence electrons. The molecule has 3 rings (SSSR count). The number of urea groups is 1. The van der Waals surface area contributed by atoms with Gasteiger partial charge in [0.1, 0.15) is 5.82 Å². The maximum absolute atomic E-state index is 13.2. The van der Waals surface area contributed by atoms with Gasteiger partial charge in [0.05, 0.1) is 5.00 Å². The van der Waals surface area contributed by atoms with Crippen molar-refractivity contribution in [2.75, 3.05) is 25.1 Å². The number of rotatable bonds is 4. The second-order valence-corrected chi connectivity index (χ2v) is 6.63. The maximum Gasteiger partial charge on any atom is 0.319 e. The molecule has 1 aliphatic heterocycles. The minimum Gasteiger partial charge on any atom is -0.381 e. The van der Waals surface area contributed by atoms with Crippen LogP contribution in [0.3, 0.4) is 0 Å². The largest absolute Gasteiger partial charge is 0.381 e. The molecule has 1 saturated heterocycles. The van der Waals surface area contributed by atoms with Crippen LogP contribution < -0.4 is 10.6 Å². The number of carbonyl (C=O) groups excluding carboxylic acids is 1. The summed E-state index contributed by atoms with van der Waals surface area (Å²) < 4.78 is 18.7. The lowest BCUT2D eigenvalue weighted by Gasteiger charge is -2.38. The summed E-state index contributed by atoms with van der Waals surface area (Å²) in [5, 5.41) is 8.49. The normalized spacial score (nSPS) is 16.7. The van der Waals surface area contributed by atoms with E-state index >= 15 is 0 Å². The smallest absolute Gasteiger partial charge is 0.319 e. The maximum atomic E-state index is 13.2. The molecule has 2 aromatic rings. The predicted molar refractivity (Wildman–Crippen MR) is 89.5 cm³/mol. The first-order chi connectivity index (χ1) is 11.2. The Labute approximate surface area is 138 Å². The van der Waals surface area contributed by atoms with Crippen LogP contribution in [0.15, 0.2) is 41.8 Å². The van der Waals surface area contributed by atoms with Crippen LogP contribution in [0.2, 0.25) is 0 Å². The molecule has 23 heavy (non-hydrogen) atoms. The third kappa shape index (κ3) is 3.89. The number of ether oxygens (including phenoxy) is 1. The Morgan fingerprint density at radius 2 is 1.96 bits per heavy atom. The predicted octanol–water partition coefficient (Wildman–Crippen LogP) is 3.76. The van der Waals surface area contributed by atoms with Gasteiger partial charge in [0.25, 0.3) is 0 Å². The van der Waals surface area contributed by atoms with Crippen LogP contribution in [0.5, 0.6) is 0 Å². The average molecular weight is 334 g/mol. The lowest BCUT2D eigenvalue weighted by molar-refractivity contribution is 0.0508. The van der Waals surface area contributed by atoms with Crippen LogP contribution in [-0.2, 0) is 10.2 Å². The summed E-state index contributed by atoms with van der Waals surface area (Å²) in [5.74, 6) is -0.251. The molecule has 1 aromatic heterocycles. The highest BCUT2D eigenvalue weighted by molar-refractivity contribution is 7.14. The zero-order valence-electron chi connectivity index (χ0n) is 12.7. The molecule has 1 aliphatic rings. The Kier molecular flexibility index (Phi) is 4.93. The quantitative estimate of drug-likeness (QED) is 0.894. The van der Waals surface area contributed by atoms with Crippen LogP contribution in [0.4, 0.5) is 14.2 Å². The van der Waals surface area contributed by atoms with Crippen LogP contribution >= 0.6 is 11.3 Å². The summed E-state index contributed by atoms with van der Waals surface area (Å²) in [6, 6.07) is 10.1. The lowest BCUT2D eigenvalue weighted by Crippen LogP contribution is -2.45. The molecule has 2 heterocycles. The molecule has 0 aliphatic carbocycles. The Balaban J connectivity index is 1.69. The molecule has 0 unspecified atom stereocenters. The van der Waals surface area contributed by atoms with E-state index in [1.165, 1.54) is 23.5 Å². The molecule has 1 fully saturated rings. The van der Waals surface area contributed by atoms with Gasteiger partial charge in [-0.2, -0.15) is 0 Å². The van der Waals surface area contributed by atoms with Crippen molar-refractivity contribution in [3.8, 4) is 0 Å². The van der Waals surface area contributed by atoms with Crippen LogP contribution in [0.1, 0.15) is 18.4 Å². The Morgan fingerprint density at radius 1 is 1.22 bits per heavy atom. The van der Waals surface area contributed by atoms with Gasteiger partial charge in [-0.05, 0) is 48.1 Å². The molecule has 0 saturated carbocycles. The fourth-order valence-electron chi connectivity index (χ4n) is 2.89. The number of nitrogens with one attached hydrogen (secondary N) is 2. The third-order valence-corrected chi connectivity index (χ3v) is 5.04. The van der Waals surface area contributed by atoms with Gasteiger partial charge in [0.2, 0.25) is 0 Å². The molecule has 0 radical (unpaired) electrons. The molecular weight excluding hydrogens is 315 g/mol. The van der Waals surface area contributed by atoms with Crippen LogP contribution in [0.25, 0.3) is 0 Å². The fourth-order valence-corrected chi connectivity index (χ4v) is 3.50. The van der Waals surface area contributed by atoms with E-state index in [0.717, 1.165) is 23.4 Å². The first kappa shape index (κ1) is 16.0. The summed E-state index contributed by atoms with van der Waals surface area (Å²) in [6.07, 6.45) is 1.61. The van der Waals surface area contributed by atoms with Gasteiger partial charge in [-0.3, -0.25) is 5.32 Å². The molecule has 2 N–H and O–H groups in total. The summed E-state index contributed by atoms with van der Waals surface area (Å²) in [7, 11) is 0. The van der Waals surface area contributed by atoms with Crippen LogP contribution in [0, 0.1) is 5.82 Å². The SMILES string of the molecule is O=C(NCC1(c2ccc(F)cc2)CCOCC1)Nc1cccs1. The van der Waals surface area contributed by atoms with Crippen molar-refractivity contribution in [3.05, 3.63) is 53.2 Å². The summed E-state index contributed by atoms with van der Waals surface area (Å²) in [5.41, 5.74) is 0.831. The van der Waals surface area contributed by atoms with E-state index in [-0.39, 0.29) is 17.3 Å². The van der Waals surface area contributed by atoms with Crippen molar-refractivity contribution in [3.63, 3.8) is 0 Å². The number of hydrogen-bond donors (Lipinski definition) is 2. The molecule has 6 heteroatoms. The molecular formula is C17H19FN2O2S. The third-order valence-electron chi connectivity index (χ3n) is 4.25. The zero-order valence-corrected chi connectivity index (χ0v) is 13.5. The van der Waals surface area contributed by atoms with Crippen molar-refractivity contribution in [2.24, 2.45) is 0 Å². The van der Waals surface area contributed by atoms with Crippen molar-refractivity contribution >= 4 is 22.4 Å². The number of anilines is 1. The standard InChI is InChI=1S/C17H19FN2O2S/c18-14-5-3-13(4-6-14)17(7-9-22-10-8-17)12-19-16(21)20-15-2-1-11-23-15/h1-6,11H,7-10,12H2,(H2,19,20,21). The Hall–Kier alpha value is -1.92. The van der Waals surface area contributed by atoms with Gasteiger partial charge in [0.15, 0.2) is 0 Å². The first-order valence-corrected chi connectivity index (χ1v) is 8.48. The second-order valence-electron chi connectivity index (χ2n) is 5.68. The van der Waals surface area contributed by atoms with Crippen molar-refractivity contribution < 1.29 is 13.9 Å². The lowest BCUT2D eigenvalue weighted by atomic mass is 9.74. The van der Waals surface area contributed by atoms with Gasteiger partial charge in [-0.15, -0.1) is 11.3 Å². The van der Waals surface area contributed by atoms with Crippen LogP contribution in [-0.4, -0.2) is 25.8 Å². The van der Waals surface area contributed by atoms with E-state index in [1.807, 2.05) is 17.5 Å². The van der Waals surface area contributed by atoms with E-state index in [1.54, 1.807) is 12.1 Å². The van der Waals surface area contributed by atoms with E-state index < -0.39 is 0 Å². The van der Waals surface area contributed by atoms with E-state index in [4.69, 9.17) is 4.74 Å². The van der Waals surface area contributed by atoms with Gasteiger partial charge in [0, 0.05) is 25.2 Å². The van der Waals surface area contributed by atoms with Gasteiger partial charge in [-0.25, -0.2) is 9.18 Å². The van der Waals surface area contributed by atoms with E-state index in [9.17, 15) is 9.18 Å². The molecule has 0 bridgehead atoms. The second kappa shape index (κ2) is 7.10. The van der Waals surface area contributed by atoms with Crippen molar-refractivity contribution in [1.82, 2.24) is 5.32 Å². The number of halogens is 1. The highest BCUT2D eigenvalue weighted by Gasteiger charge is 2.34. The molecule has 0 atom stereocenters. The van der Waals surface area contributed by atoms with E-state index in [2.05, 4.69) is 10.6 Å². The minimum absolute atomic E-state index is 0.210. The summed E-state index contributed by atoms with van der Waals surface area (Å²) >= 11 is 1.48. The molecule has 4 nitrogen and oxygen atoms in total. The monoisotopic (exact) mass is 334 g/mol. The zero-order chi connectivity index (χ0) is 16.1. The highest BCUT2D eigenvalue weighted by Crippen LogP contribution is 2.34. The fraction of sp³-hybridized carbons (Fsp3) is 0.353. The van der Waals surface area contributed by atoms with Crippen molar-refractivity contribution in [1.29, 1.82) is 0 Å².